The van der Waals surface area contributed by atoms with Gasteiger partial charge in [0.15, 0.2) is 11.2 Å². The monoisotopic (exact) mass is 482 g/mol. The molecular formula is C25H34N6O4. The number of ether oxygens (including phenoxy) is 1. The average Bonchev–Trinajstić information content (AvgIpc) is 3.50. The van der Waals surface area contributed by atoms with E-state index in [2.05, 4.69) is 29.0 Å². The molecule has 0 saturated carbocycles. The molecule has 1 fully saturated rings. The maximum atomic E-state index is 13.4. The van der Waals surface area contributed by atoms with Crippen molar-refractivity contribution in [2.45, 2.75) is 45.9 Å². The van der Waals surface area contributed by atoms with Crippen molar-refractivity contribution in [3.63, 3.8) is 0 Å². The summed E-state index contributed by atoms with van der Waals surface area (Å²) in [5.41, 5.74) is 0.410. The fourth-order valence-corrected chi connectivity index (χ4v) is 4.60. The van der Waals surface area contributed by atoms with Crippen LogP contribution in [-0.4, -0.2) is 68.9 Å². The molecule has 1 amide bonds. The molecule has 3 aromatic rings. The number of nitrogens with one attached hydrogen (secondary N) is 1. The molecule has 1 aromatic carbocycles. The van der Waals surface area contributed by atoms with Gasteiger partial charge in [-0.3, -0.25) is 14.2 Å². The fourth-order valence-electron chi connectivity index (χ4n) is 4.60. The number of fused-ring (bicyclic) bond motifs is 1. The Balaban J connectivity index is 1.61. The van der Waals surface area contributed by atoms with E-state index in [0.29, 0.717) is 37.3 Å². The van der Waals surface area contributed by atoms with E-state index in [4.69, 9.17) is 4.74 Å². The Labute approximate surface area is 204 Å². The standard InChI is InChI=1S/C25H34N6O4/c1-18(2)28-10-9-20(14-28)13-26-21(32)16-31-24(33)22-23(27-17-29(22)11-12-35-3)30(25(31)34)15-19-7-5-4-6-8-19/h4-8,17-18,20H,9-16H2,1-3H3,(H,26,32). The normalized spacial score (nSPS) is 16.4. The van der Waals surface area contributed by atoms with E-state index in [9.17, 15) is 14.4 Å². The molecule has 0 bridgehead atoms. The Morgan fingerprint density at radius 1 is 1.20 bits per heavy atom. The molecule has 1 aliphatic heterocycles. The van der Waals surface area contributed by atoms with Crippen LogP contribution >= 0.6 is 0 Å². The van der Waals surface area contributed by atoms with Crippen LogP contribution in [0.15, 0.2) is 46.2 Å². The minimum atomic E-state index is -0.551. The first-order chi connectivity index (χ1) is 16.9. The number of methoxy groups -OCH3 is 1. The summed E-state index contributed by atoms with van der Waals surface area (Å²) in [5, 5.41) is 2.93. The van der Waals surface area contributed by atoms with Gasteiger partial charge in [0.1, 0.15) is 6.54 Å². The van der Waals surface area contributed by atoms with Crippen molar-refractivity contribution in [1.82, 2.24) is 28.9 Å². The summed E-state index contributed by atoms with van der Waals surface area (Å²) in [4.78, 5) is 46.4. The van der Waals surface area contributed by atoms with E-state index in [1.807, 2.05) is 30.3 Å². The minimum Gasteiger partial charge on any atom is -0.383 e. The van der Waals surface area contributed by atoms with E-state index in [1.165, 1.54) is 10.9 Å². The van der Waals surface area contributed by atoms with Crippen molar-refractivity contribution in [1.29, 1.82) is 0 Å². The first kappa shape index (κ1) is 24.9. The fraction of sp³-hybridized carbons (Fsp3) is 0.520. The van der Waals surface area contributed by atoms with Crippen molar-refractivity contribution in [3.05, 3.63) is 63.1 Å². The van der Waals surface area contributed by atoms with Gasteiger partial charge in [0.2, 0.25) is 5.91 Å². The zero-order valence-electron chi connectivity index (χ0n) is 20.6. The third kappa shape index (κ3) is 5.54. The lowest BCUT2D eigenvalue weighted by Crippen LogP contribution is -2.45. The summed E-state index contributed by atoms with van der Waals surface area (Å²) in [5.74, 6) is 0.0199. The Kier molecular flexibility index (Phi) is 7.82. The second kappa shape index (κ2) is 11.0. The van der Waals surface area contributed by atoms with Gasteiger partial charge < -0.3 is 19.5 Å². The molecule has 10 nitrogen and oxygen atoms in total. The lowest BCUT2D eigenvalue weighted by atomic mass is 10.1. The Hall–Kier alpha value is -3.24. The van der Waals surface area contributed by atoms with Gasteiger partial charge in [-0.05, 0) is 38.3 Å². The predicted octanol–water partition coefficient (Wildman–Crippen LogP) is 0.901. The van der Waals surface area contributed by atoms with Gasteiger partial charge in [0.05, 0.1) is 19.5 Å². The van der Waals surface area contributed by atoms with Gasteiger partial charge in [-0.1, -0.05) is 30.3 Å². The maximum Gasteiger partial charge on any atom is 0.333 e. The van der Waals surface area contributed by atoms with Crippen LogP contribution < -0.4 is 16.6 Å². The Bertz CT molecular complexity index is 1280. The van der Waals surface area contributed by atoms with E-state index in [-0.39, 0.29) is 24.5 Å². The molecule has 1 saturated heterocycles. The molecule has 4 rings (SSSR count). The van der Waals surface area contributed by atoms with Crippen LogP contribution in [0.4, 0.5) is 0 Å². The highest BCUT2D eigenvalue weighted by molar-refractivity contribution is 5.76. The molecule has 1 unspecified atom stereocenters. The number of hydrogen-bond donors (Lipinski definition) is 1. The molecule has 35 heavy (non-hydrogen) atoms. The van der Waals surface area contributed by atoms with E-state index < -0.39 is 11.2 Å². The third-order valence-electron chi connectivity index (χ3n) is 6.64. The van der Waals surface area contributed by atoms with Crippen molar-refractivity contribution in [2.24, 2.45) is 5.92 Å². The third-order valence-corrected chi connectivity index (χ3v) is 6.64. The molecule has 0 spiro atoms. The van der Waals surface area contributed by atoms with E-state index in [0.717, 1.165) is 29.6 Å². The molecule has 0 aliphatic carbocycles. The Morgan fingerprint density at radius 2 is 1.97 bits per heavy atom. The molecule has 1 N–H and O–H groups in total. The lowest BCUT2D eigenvalue weighted by molar-refractivity contribution is -0.121. The van der Waals surface area contributed by atoms with Gasteiger partial charge in [-0.15, -0.1) is 0 Å². The van der Waals surface area contributed by atoms with E-state index in [1.54, 1.807) is 11.7 Å². The molecule has 2 aromatic heterocycles. The molecule has 10 heteroatoms. The van der Waals surface area contributed by atoms with Crippen LogP contribution in [0.3, 0.4) is 0 Å². The summed E-state index contributed by atoms with van der Waals surface area (Å²) in [6.45, 7) is 7.52. The lowest BCUT2D eigenvalue weighted by Gasteiger charge is -2.20. The summed E-state index contributed by atoms with van der Waals surface area (Å²) >= 11 is 0. The van der Waals surface area contributed by atoms with Gasteiger partial charge in [0.25, 0.3) is 5.56 Å². The van der Waals surface area contributed by atoms with Crippen LogP contribution in [0.2, 0.25) is 0 Å². The number of benzene rings is 1. The highest BCUT2D eigenvalue weighted by atomic mass is 16.5. The number of carbonyl (C=O) groups excluding carboxylic acids is 1. The smallest absolute Gasteiger partial charge is 0.333 e. The minimum absolute atomic E-state index is 0.243. The van der Waals surface area contributed by atoms with Crippen molar-refractivity contribution in [2.75, 3.05) is 33.4 Å². The zero-order valence-corrected chi connectivity index (χ0v) is 20.6. The van der Waals surface area contributed by atoms with Crippen molar-refractivity contribution in [3.8, 4) is 0 Å². The van der Waals surface area contributed by atoms with Crippen LogP contribution in [0.5, 0.6) is 0 Å². The van der Waals surface area contributed by atoms with Crippen LogP contribution in [0, 0.1) is 5.92 Å². The Morgan fingerprint density at radius 3 is 2.66 bits per heavy atom. The first-order valence-electron chi connectivity index (χ1n) is 12.1. The molecule has 188 valence electrons. The van der Waals surface area contributed by atoms with Crippen molar-refractivity contribution < 1.29 is 9.53 Å². The van der Waals surface area contributed by atoms with Crippen LogP contribution in [-0.2, 0) is 29.2 Å². The highest BCUT2D eigenvalue weighted by Crippen LogP contribution is 2.17. The number of likely N-dealkylation sites (tertiary alicyclic amines) is 1. The van der Waals surface area contributed by atoms with Gasteiger partial charge in [-0.2, -0.15) is 0 Å². The van der Waals surface area contributed by atoms with Crippen LogP contribution in [0.1, 0.15) is 25.8 Å². The molecule has 0 radical (unpaired) electrons. The van der Waals surface area contributed by atoms with Gasteiger partial charge in [0, 0.05) is 32.8 Å². The molecule has 1 aliphatic rings. The number of imidazole rings is 1. The van der Waals surface area contributed by atoms with Gasteiger partial charge in [-0.25, -0.2) is 14.3 Å². The summed E-state index contributed by atoms with van der Waals surface area (Å²) in [6.07, 6.45) is 2.56. The quantitative estimate of drug-likeness (QED) is 0.461. The summed E-state index contributed by atoms with van der Waals surface area (Å²) in [6, 6.07) is 9.97. The molecule has 3 heterocycles. The number of amides is 1. The number of hydrogen-bond acceptors (Lipinski definition) is 6. The number of nitrogens with zero attached hydrogens (tertiary/aromatic N) is 5. The topological polar surface area (TPSA) is 103 Å². The summed E-state index contributed by atoms with van der Waals surface area (Å²) in [7, 11) is 1.58. The number of carbonyl (C=O) groups is 1. The SMILES string of the molecule is COCCn1cnc2c1c(=O)n(CC(=O)NCC1CCN(C(C)C)C1)c(=O)n2Cc1ccccc1. The predicted molar refractivity (Wildman–Crippen MR) is 133 cm³/mol. The highest BCUT2D eigenvalue weighted by Gasteiger charge is 2.25. The van der Waals surface area contributed by atoms with E-state index >= 15 is 0 Å². The zero-order chi connectivity index (χ0) is 24.9. The second-order valence-corrected chi connectivity index (χ2v) is 9.40. The number of rotatable bonds is 10. The average molecular weight is 483 g/mol. The molecular weight excluding hydrogens is 448 g/mol. The maximum absolute atomic E-state index is 13.4. The largest absolute Gasteiger partial charge is 0.383 e. The molecule has 1 atom stereocenters. The second-order valence-electron chi connectivity index (χ2n) is 9.40. The van der Waals surface area contributed by atoms with Crippen LogP contribution in [0.25, 0.3) is 11.2 Å². The summed E-state index contributed by atoms with van der Waals surface area (Å²) < 4.78 is 9.31. The van der Waals surface area contributed by atoms with Crippen molar-refractivity contribution >= 4 is 17.1 Å². The number of aromatic nitrogens is 4. The first-order valence-corrected chi connectivity index (χ1v) is 12.1. The van der Waals surface area contributed by atoms with Gasteiger partial charge >= 0.3 is 5.69 Å².